The number of hydrogen-bond donors (Lipinski definition) is 2. The van der Waals surface area contributed by atoms with Crippen molar-refractivity contribution in [3.63, 3.8) is 0 Å². The van der Waals surface area contributed by atoms with Crippen LogP contribution in [-0.4, -0.2) is 41.3 Å². The average Bonchev–Trinajstić information content (AvgIpc) is 3.15. The molecule has 2 fully saturated rings. The lowest BCUT2D eigenvalue weighted by Crippen LogP contribution is -2.45. The quantitative estimate of drug-likeness (QED) is 0.745. The molecule has 3 heterocycles. The van der Waals surface area contributed by atoms with Crippen LogP contribution in [0.15, 0.2) is 29.2 Å². The van der Waals surface area contributed by atoms with E-state index >= 15 is 0 Å². The predicted molar refractivity (Wildman–Crippen MR) is 101 cm³/mol. The highest BCUT2D eigenvalue weighted by Crippen LogP contribution is 2.21. The summed E-state index contributed by atoms with van der Waals surface area (Å²) in [6.07, 6.45) is 3.14. The van der Waals surface area contributed by atoms with Crippen molar-refractivity contribution in [3.05, 3.63) is 34.7 Å². The Balaban J connectivity index is 0.00000210. The molecule has 1 unspecified atom stereocenters. The summed E-state index contributed by atoms with van der Waals surface area (Å²) >= 11 is 0. The van der Waals surface area contributed by atoms with Crippen LogP contribution in [0.2, 0.25) is 0 Å². The maximum absolute atomic E-state index is 12.7. The minimum absolute atomic E-state index is 0. The molecule has 2 amide bonds. The molecule has 0 bridgehead atoms. The Morgan fingerprint density at radius 2 is 2.07 bits per heavy atom. The van der Waals surface area contributed by atoms with Crippen LogP contribution in [0.3, 0.4) is 0 Å². The van der Waals surface area contributed by atoms with E-state index in [-0.39, 0.29) is 36.7 Å². The van der Waals surface area contributed by atoms with E-state index in [0.717, 1.165) is 24.2 Å². The van der Waals surface area contributed by atoms with E-state index < -0.39 is 11.9 Å². The van der Waals surface area contributed by atoms with E-state index in [1.165, 1.54) is 0 Å². The number of ether oxygens (including phenoxy) is 1. The van der Waals surface area contributed by atoms with Crippen LogP contribution >= 0.6 is 12.4 Å². The van der Waals surface area contributed by atoms with Crippen molar-refractivity contribution in [2.45, 2.75) is 25.3 Å². The number of rotatable bonds is 4. The molecule has 2 aliphatic heterocycles. The summed E-state index contributed by atoms with van der Waals surface area (Å²) in [5, 5.41) is 10.8. The molecule has 0 radical (unpaired) electrons. The van der Waals surface area contributed by atoms with Gasteiger partial charge in [0.1, 0.15) is 11.8 Å². The normalized spacial score (nSPS) is 22.4. The summed E-state index contributed by atoms with van der Waals surface area (Å²) in [7, 11) is 0. The third-order valence-corrected chi connectivity index (χ3v) is 4.94. The molecule has 0 saturated carbocycles. The average molecular weight is 393 g/mol. The van der Waals surface area contributed by atoms with Crippen LogP contribution in [0.1, 0.15) is 25.3 Å². The summed E-state index contributed by atoms with van der Waals surface area (Å²) in [6.45, 7) is 2.63. The van der Waals surface area contributed by atoms with Crippen molar-refractivity contribution in [1.82, 2.24) is 20.4 Å². The number of carbonyl (C=O) groups is 2. The molecule has 2 aromatic rings. The monoisotopic (exact) mass is 392 g/mol. The predicted octanol–water partition coefficient (Wildman–Crippen LogP) is 0.784. The zero-order chi connectivity index (χ0) is 18.1. The fourth-order valence-corrected chi connectivity index (χ4v) is 3.44. The van der Waals surface area contributed by atoms with Crippen molar-refractivity contribution in [2.75, 3.05) is 19.7 Å². The molecule has 144 valence electrons. The first-order chi connectivity index (χ1) is 12.6. The van der Waals surface area contributed by atoms with Gasteiger partial charge in [-0.05, 0) is 37.6 Å². The fourth-order valence-electron chi connectivity index (χ4n) is 3.44. The smallest absolute Gasteiger partial charge is 0.275 e. The summed E-state index contributed by atoms with van der Waals surface area (Å²) in [5.41, 5.74) is -0.344. The molecule has 0 spiro atoms. The van der Waals surface area contributed by atoms with E-state index in [1.54, 1.807) is 24.4 Å². The van der Waals surface area contributed by atoms with Crippen molar-refractivity contribution >= 4 is 35.0 Å². The Hall–Kier alpha value is -2.45. The Bertz CT molecular complexity index is 923. The molecule has 0 aliphatic carbocycles. The van der Waals surface area contributed by atoms with Crippen LogP contribution in [0.5, 0.6) is 5.75 Å². The zero-order valence-corrected chi connectivity index (χ0v) is 15.5. The lowest BCUT2D eigenvalue weighted by molar-refractivity contribution is -0.136. The first kappa shape index (κ1) is 19.3. The first-order valence-corrected chi connectivity index (χ1v) is 8.80. The molecule has 2 N–H and O–H groups in total. The summed E-state index contributed by atoms with van der Waals surface area (Å²) in [4.78, 5) is 36.0. The number of amides is 2. The molecule has 8 nitrogen and oxygen atoms in total. The lowest BCUT2D eigenvalue weighted by Gasteiger charge is -2.21. The highest BCUT2D eigenvalue weighted by molar-refractivity contribution is 5.99. The number of fused-ring (bicyclic) bond motifs is 1. The number of nitrogens with one attached hydrogen (secondary N) is 2. The van der Waals surface area contributed by atoms with Crippen LogP contribution in [0.25, 0.3) is 10.8 Å². The second-order valence-corrected chi connectivity index (χ2v) is 6.78. The Morgan fingerprint density at radius 1 is 1.22 bits per heavy atom. The number of hydrogen-bond acceptors (Lipinski definition) is 6. The summed E-state index contributed by atoms with van der Waals surface area (Å²) in [6, 6.07) is 4.50. The molecular formula is C18H21ClN4O4. The van der Waals surface area contributed by atoms with Gasteiger partial charge in [0, 0.05) is 24.3 Å². The second-order valence-electron chi connectivity index (χ2n) is 6.78. The molecule has 2 saturated heterocycles. The van der Waals surface area contributed by atoms with Gasteiger partial charge >= 0.3 is 0 Å². The van der Waals surface area contributed by atoms with Gasteiger partial charge in [-0.2, -0.15) is 5.10 Å². The Kier molecular flexibility index (Phi) is 5.76. The molecule has 1 aromatic carbocycles. The van der Waals surface area contributed by atoms with Crippen LogP contribution < -0.4 is 20.9 Å². The van der Waals surface area contributed by atoms with Crippen LogP contribution in [-0.2, 0) is 9.59 Å². The molecule has 2 atom stereocenters. The largest absolute Gasteiger partial charge is 0.493 e. The number of nitrogens with zero attached hydrogens (tertiary/aromatic N) is 2. The fraction of sp³-hybridized carbons (Fsp3) is 0.444. The number of imide groups is 1. The van der Waals surface area contributed by atoms with Crippen molar-refractivity contribution in [2.24, 2.45) is 5.92 Å². The van der Waals surface area contributed by atoms with Crippen molar-refractivity contribution in [3.8, 4) is 5.75 Å². The van der Waals surface area contributed by atoms with E-state index in [2.05, 4.69) is 15.7 Å². The van der Waals surface area contributed by atoms with E-state index in [1.807, 2.05) is 0 Å². The van der Waals surface area contributed by atoms with Gasteiger partial charge in [-0.3, -0.25) is 19.7 Å². The second kappa shape index (κ2) is 8.06. The van der Waals surface area contributed by atoms with E-state index in [4.69, 9.17) is 4.74 Å². The molecular weight excluding hydrogens is 372 g/mol. The van der Waals surface area contributed by atoms with Crippen LogP contribution in [0, 0.1) is 5.92 Å². The van der Waals surface area contributed by atoms with Gasteiger partial charge < -0.3 is 10.1 Å². The number of benzene rings is 1. The van der Waals surface area contributed by atoms with Crippen molar-refractivity contribution < 1.29 is 14.3 Å². The number of piperidine rings is 1. The number of carbonyl (C=O) groups excluding carboxylic acids is 2. The summed E-state index contributed by atoms with van der Waals surface area (Å²) < 4.78 is 7.00. The standard InChI is InChI=1S/C18H20N4O4.ClH/c23-16-4-3-15(17(24)21-16)22-18(25)14-2-1-13(7-12(14)9-20-22)26-10-11-5-6-19-8-11;/h1-2,7,9,11,15,19H,3-6,8,10H2,(H,21,23,24);1H/t11-,15?;/m0./s1. The first-order valence-electron chi connectivity index (χ1n) is 8.80. The third kappa shape index (κ3) is 3.96. The Morgan fingerprint density at radius 3 is 2.81 bits per heavy atom. The highest BCUT2D eigenvalue weighted by atomic mass is 35.5. The van der Waals surface area contributed by atoms with E-state index in [9.17, 15) is 14.4 Å². The van der Waals surface area contributed by atoms with Crippen LogP contribution in [0.4, 0.5) is 0 Å². The van der Waals surface area contributed by atoms with Gasteiger partial charge in [0.25, 0.3) is 11.5 Å². The zero-order valence-electron chi connectivity index (χ0n) is 14.6. The molecule has 9 heteroatoms. The van der Waals surface area contributed by atoms with Gasteiger partial charge in [-0.25, -0.2) is 4.68 Å². The third-order valence-electron chi connectivity index (χ3n) is 4.94. The van der Waals surface area contributed by atoms with Crippen molar-refractivity contribution in [1.29, 1.82) is 0 Å². The van der Waals surface area contributed by atoms with Gasteiger partial charge in [-0.15, -0.1) is 12.4 Å². The van der Waals surface area contributed by atoms with Gasteiger partial charge in [0.15, 0.2) is 0 Å². The minimum atomic E-state index is -0.754. The molecule has 2 aliphatic rings. The molecule has 1 aromatic heterocycles. The van der Waals surface area contributed by atoms with E-state index in [0.29, 0.717) is 29.0 Å². The maximum Gasteiger partial charge on any atom is 0.275 e. The number of halogens is 1. The lowest BCUT2D eigenvalue weighted by atomic mass is 10.1. The highest BCUT2D eigenvalue weighted by Gasteiger charge is 2.29. The topological polar surface area (TPSA) is 102 Å². The van der Waals surface area contributed by atoms with Gasteiger partial charge in [0.05, 0.1) is 18.2 Å². The maximum atomic E-state index is 12.7. The van der Waals surface area contributed by atoms with Gasteiger partial charge in [-0.1, -0.05) is 0 Å². The SMILES string of the molecule is Cl.O=C1CCC(n2ncc3cc(OC[C@H]4CCNC4)ccc3c2=O)C(=O)N1. The Labute approximate surface area is 161 Å². The summed E-state index contributed by atoms with van der Waals surface area (Å²) in [5.74, 6) is 0.397. The minimum Gasteiger partial charge on any atom is -0.493 e. The number of aromatic nitrogens is 2. The molecule has 27 heavy (non-hydrogen) atoms. The van der Waals surface area contributed by atoms with Gasteiger partial charge in [0.2, 0.25) is 5.91 Å². The molecule has 4 rings (SSSR count).